The van der Waals surface area contributed by atoms with Gasteiger partial charge in [0.05, 0.1) is 24.4 Å². The highest BCUT2D eigenvalue weighted by Gasteiger charge is 2.31. The zero-order valence-electron chi connectivity index (χ0n) is 16.6. The minimum absolute atomic E-state index is 0.00941. The third-order valence-electron chi connectivity index (χ3n) is 6.01. The van der Waals surface area contributed by atoms with Gasteiger partial charge in [-0.3, -0.25) is 0 Å². The maximum absolute atomic E-state index is 14.5. The standard InChI is InChI=1S/C22H26FN5O/c1-29-20-4-2-3-16(23)21(20)14-9-18(25-11-14)19-10-17(13-5-6-13)26-22(27-19)28-8-7-15(24)12-28/h2-4,10-11,13,15,18,25H,5-9,12,24H2,1H3. The number of nitrogens with two attached hydrogens (primary N) is 1. The Labute approximate surface area is 170 Å². The van der Waals surface area contributed by atoms with Crippen LogP contribution < -0.4 is 20.7 Å². The average molecular weight is 395 g/mol. The maximum atomic E-state index is 14.5. The summed E-state index contributed by atoms with van der Waals surface area (Å²) in [4.78, 5) is 11.9. The summed E-state index contributed by atoms with van der Waals surface area (Å²) in [5.74, 6) is 1.58. The lowest BCUT2D eigenvalue weighted by molar-refractivity contribution is 0.409. The van der Waals surface area contributed by atoms with Crippen LogP contribution in [0.25, 0.3) is 5.57 Å². The summed E-state index contributed by atoms with van der Waals surface area (Å²) in [6, 6.07) is 7.21. The number of nitrogens with one attached hydrogen (secondary N) is 1. The number of anilines is 1. The van der Waals surface area contributed by atoms with Gasteiger partial charge in [0.25, 0.3) is 0 Å². The van der Waals surface area contributed by atoms with Gasteiger partial charge in [-0.2, -0.15) is 0 Å². The summed E-state index contributed by atoms with van der Waals surface area (Å²) in [6.45, 7) is 1.68. The van der Waals surface area contributed by atoms with E-state index in [9.17, 15) is 4.39 Å². The largest absolute Gasteiger partial charge is 0.496 e. The van der Waals surface area contributed by atoms with Crippen LogP contribution in [-0.2, 0) is 0 Å². The van der Waals surface area contributed by atoms with E-state index in [0.717, 1.165) is 42.4 Å². The molecule has 0 radical (unpaired) electrons. The fourth-order valence-corrected chi connectivity index (χ4v) is 4.24. The molecule has 2 atom stereocenters. The predicted octanol–water partition coefficient (Wildman–Crippen LogP) is 3.11. The van der Waals surface area contributed by atoms with Gasteiger partial charge in [-0.05, 0) is 43.0 Å². The van der Waals surface area contributed by atoms with E-state index in [0.29, 0.717) is 23.7 Å². The van der Waals surface area contributed by atoms with Crippen LogP contribution in [0.2, 0.25) is 0 Å². The number of halogens is 1. The highest BCUT2D eigenvalue weighted by Crippen LogP contribution is 2.42. The first kappa shape index (κ1) is 18.4. The summed E-state index contributed by atoms with van der Waals surface area (Å²) >= 11 is 0. The van der Waals surface area contributed by atoms with Gasteiger partial charge in [0.2, 0.25) is 5.95 Å². The van der Waals surface area contributed by atoms with E-state index in [1.54, 1.807) is 19.2 Å². The van der Waals surface area contributed by atoms with E-state index in [1.807, 2.05) is 6.20 Å². The quantitative estimate of drug-likeness (QED) is 0.810. The Balaban J connectivity index is 1.43. The highest BCUT2D eigenvalue weighted by atomic mass is 19.1. The molecule has 1 saturated heterocycles. The first-order valence-electron chi connectivity index (χ1n) is 10.3. The van der Waals surface area contributed by atoms with Crippen molar-refractivity contribution >= 4 is 11.5 Å². The Hall–Kier alpha value is -2.67. The number of benzene rings is 1. The molecule has 2 aromatic rings. The topological polar surface area (TPSA) is 76.3 Å². The van der Waals surface area contributed by atoms with Gasteiger partial charge >= 0.3 is 0 Å². The Morgan fingerprint density at radius 3 is 2.76 bits per heavy atom. The normalized spacial score (nSPS) is 23.8. The van der Waals surface area contributed by atoms with Crippen LogP contribution in [0.5, 0.6) is 5.75 Å². The molecule has 3 heterocycles. The molecule has 6 nitrogen and oxygen atoms in total. The first-order chi connectivity index (χ1) is 14.1. The number of nitrogens with zero attached hydrogens (tertiary/aromatic N) is 3. The smallest absolute Gasteiger partial charge is 0.225 e. The molecule has 152 valence electrons. The molecule has 2 unspecified atom stereocenters. The van der Waals surface area contributed by atoms with Crippen molar-refractivity contribution in [2.45, 2.75) is 43.7 Å². The molecule has 5 rings (SSSR count). The number of aromatic nitrogens is 2. The number of methoxy groups -OCH3 is 1. The molecule has 3 aliphatic rings. The molecule has 29 heavy (non-hydrogen) atoms. The number of rotatable bonds is 5. The van der Waals surface area contributed by atoms with E-state index in [-0.39, 0.29) is 17.9 Å². The fraction of sp³-hybridized carbons (Fsp3) is 0.455. The van der Waals surface area contributed by atoms with Gasteiger partial charge in [0.15, 0.2) is 0 Å². The molecule has 0 amide bonds. The van der Waals surface area contributed by atoms with E-state index in [1.165, 1.54) is 18.9 Å². The monoisotopic (exact) mass is 395 g/mol. The molecule has 1 aromatic carbocycles. The SMILES string of the molecule is COc1cccc(F)c1C1=CNC(c2cc(C3CC3)nc(N3CCC(N)C3)n2)C1. The Kier molecular flexibility index (Phi) is 4.62. The summed E-state index contributed by atoms with van der Waals surface area (Å²) in [5.41, 5.74) is 9.57. The Morgan fingerprint density at radius 2 is 2.03 bits per heavy atom. The third-order valence-corrected chi connectivity index (χ3v) is 6.01. The van der Waals surface area contributed by atoms with Gasteiger partial charge in [0.1, 0.15) is 11.6 Å². The van der Waals surface area contributed by atoms with Gasteiger partial charge in [-0.15, -0.1) is 0 Å². The summed E-state index contributed by atoms with van der Waals surface area (Å²) in [5, 5.41) is 3.40. The van der Waals surface area contributed by atoms with Crippen LogP contribution in [-0.4, -0.2) is 36.2 Å². The molecule has 1 saturated carbocycles. The molecule has 7 heteroatoms. The molecule has 0 bridgehead atoms. The van der Waals surface area contributed by atoms with E-state index in [2.05, 4.69) is 16.3 Å². The molecular formula is C22H26FN5O. The van der Waals surface area contributed by atoms with Crippen LogP contribution in [0, 0.1) is 5.82 Å². The summed E-state index contributed by atoms with van der Waals surface area (Å²) < 4.78 is 19.9. The van der Waals surface area contributed by atoms with Crippen LogP contribution in [0.3, 0.4) is 0 Å². The molecule has 1 aliphatic carbocycles. The van der Waals surface area contributed by atoms with Crippen LogP contribution >= 0.6 is 0 Å². The molecule has 0 spiro atoms. The number of hydrogen-bond donors (Lipinski definition) is 2. The van der Waals surface area contributed by atoms with Crippen molar-refractivity contribution in [3.8, 4) is 5.75 Å². The van der Waals surface area contributed by atoms with Crippen LogP contribution in [0.1, 0.15) is 54.6 Å². The van der Waals surface area contributed by atoms with Crippen LogP contribution in [0.4, 0.5) is 10.3 Å². The van der Waals surface area contributed by atoms with Crippen molar-refractivity contribution in [1.29, 1.82) is 0 Å². The summed E-state index contributed by atoms with van der Waals surface area (Å²) in [7, 11) is 1.57. The second-order valence-electron chi connectivity index (χ2n) is 8.20. The van der Waals surface area contributed by atoms with Gasteiger partial charge in [0, 0.05) is 43.4 Å². The predicted molar refractivity (Wildman–Crippen MR) is 110 cm³/mol. The van der Waals surface area contributed by atoms with Crippen molar-refractivity contribution in [2.24, 2.45) is 5.73 Å². The van der Waals surface area contributed by atoms with Crippen LogP contribution in [0.15, 0.2) is 30.5 Å². The first-order valence-corrected chi connectivity index (χ1v) is 10.3. The third kappa shape index (κ3) is 3.55. The molecule has 2 aliphatic heterocycles. The van der Waals surface area contributed by atoms with E-state index < -0.39 is 0 Å². The van der Waals surface area contributed by atoms with E-state index >= 15 is 0 Å². The Morgan fingerprint density at radius 1 is 1.21 bits per heavy atom. The molecular weight excluding hydrogens is 369 g/mol. The lowest BCUT2D eigenvalue weighted by Crippen LogP contribution is -2.28. The van der Waals surface area contributed by atoms with Crippen molar-refractivity contribution in [3.63, 3.8) is 0 Å². The number of hydrogen-bond acceptors (Lipinski definition) is 6. The zero-order chi connectivity index (χ0) is 20.0. The van der Waals surface area contributed by atoms with Crippen molar-refractivity contribution in [3.05, 3.63) is 53.2 Å². The van der Waals surface area contributed by atoms with E-state index in [4.69, 9.17) is 20.4 Å². The van der Waals surface area contributed by atoms with Crippen molar-refractivity contribution < 1.29 is 9.13 Å². The second kappa shape index (κ2) is 7.30. The lowest BCUT2D eigenvalue weighted by Gasteiger charge is -2.20. The molecule has 1 aromatic heterocycles. The van der Waals surface area contributed by atoms with Gasteiger partial charge < -0.3 is 20.7 Å². The highest BCUT2D eigenvalue weighted by molar-refractivity contribution is 5.73. The van der Waals surface area contributed by atoms with Gasteiger partial charge in [-0.1, -0.05) is 6.07 Å². The minimum atomic E-state index is -0.272. The van der Waals surface area contributed by atoms with Gasteiger partial charge in [-0.25, -0.2) is 14.4 Å². The average Bonchev–Trinajstić information content (AvgIpc) is 3.31. The molecule has 2 fully saturated rings. The zero-order valence-corrected chi connectivity index (χ0v) is 16.6. The number of ether oxygens (including phenoxy) is 1. The lowest BCUT2D eigenvalue weighted by atomic mass is 9.99. The van der Waals surface area contributed by atoms with Crippen molar-refractivity contribution in [1.82, 2.24) is 15.3 Å². The van der Waals surface area contributed by atoms with Crippen molar-refractivity contribution in [2.75, 3.05) is 25.1 Å². The molecule has 3 N–H and O–H groups in total. The second-order valence-corrected chi connectivity index (χ2v) is 8.20. The minimum Gasteiger partial charge on any atom is -0.496 e. The Bertz CT molecular complexity index is 958. The summed E-state index contributed by atoms with van der Waals surface area (Å²) in [6.07, 6.45) is 5.87. The fourth-order valence-electron chi connectivity index (χ4n) is 4.24. The maximum Gasteiger partial charge on any atom is 0.225 e.